The molecule has 17 heavy (non-hydrogen) atoms. The molecule has 0 saturated carbocycles. The van der Waals surface area contributed by atoms with Crippen molar-refractivity contribution in [1.29, 1.82) is 0 Å². The minimum atomic E-state index is -3.48. The van der Waals surface area contributed by atoms with Crippen LogP contribution in [-0.4, -0.2) is 14.5 Å². The maximum Gasteiger partial charge on any atom is 0.241 e. The summed E-state index contributed by atoms with van der Waals surface area (Å²) in [6.07, 6.45) is 0. The van der Waals surface area contributed by atoms with Gasteiger partial charge in [-0.3, -0.25) is 0 Å². The van der Waals surface area contributed by atoms with E-state index in [-0.39, 0.29) is 10.9 Å². The number of hydrogen-bond acceptors (Lipinski definition) is 3. The van der Waals surface area contributed by atoms with E-state index in [9.17, 15) is 8.42 Å². The van der Waals surface area contributed by atoms with E-state index in [1.165, 1.54) is 0 Å². The predicted octanol–water partition coefficient (Wildman–Crippen LogP) is 1.90. The highest BCUT2D eigenvalue weighted by atomic mass is 79.9. The highest BCUT2D eigenvalue weighted by Crippen LogP contribution is 2.25. The molecule has 0 amide bonds. The van der Waals surface area contributed by atoms with Crippen molar-refractivity contribution in [3.05, 3.63) is 27.7 Å². The Hall–Kier alpha value is -0.430. The molecule has 1 rings (SSSR count). The Morgan fingerprint density at radius 3 is 2.47 bits per heavy atom. The third-order valence-electron chi connectivity index (χ3n) is 2.27. The van der Waals surface area contributed by atoms with Gasteiger partial charge < -0.3 is 5.73 Å². The Labute approximate surface area is 111 Å². The lowest BCUT2D eigenvalue weighted by atomic mass is 10.1. The van der Waals surface area contributed by atoms with Gasteiger partial charge in [0.2, 0.25) is 10.0 Å². The summed E-state index contributed by atoms with van der Waals surface area (Å²) in [6.45, 7) is 5.64. The van der Waals surface area contributed by atoms with Crippen molar-refractivity contribution in [3.8, 4) is 0 Å². The molecule has 6 heteroatoms. The maximum atomic E-state index is 12.1. The van der Waals surface area contributed by atoms with E-state index in [0.29, 0.717) is 12.1 Å². The molecular weight excluding hydrogens is 304 g/mol. The lowest BCUT2D eigenvalue weighted by molar-refractivity contribution is 0.569. The summed E-state index contributed by atoms with van der Waals surface area (Å²) in [5.41, 5.74) is 7.02. The minimum Gasteiger partial charge on any atom is -0.326 e. The van der Waals surface area contributed by atoms with Crippen LogP contribution in [0, 0.1) is 6.92 Å². The van der Waals surface area contributed by atoms with Gasteiger partial charge in [0, 0.05) is 17.1 Å². The van der Waals surface area contributed by atoms with Gasteiger partial charge in [-0.2, -0.15) is 0 Å². The molecule has 0 fully saturated rings. The molecule has 0 aliphatic rings. The molecule has 96 valence electrons. The third-order valence-corrected chi connectivity index (χ3v) is 4.88. The molecule has 4 nitrogen and oxygen atoms in total. The maximum absolute atomic E-state index is 12.1. The van der Waals surface area contributed by atoms with Crippen LogP contribution >= 0.6 is 15.9 Å². The average Bonchev–Trinajstić information content (AvgIpc) is 2.19. The first-order valence-electron chi connectivity index (χ1n) is 5.29. The first-order valence-corrected chi connectivity index (χ1v) is 7.57. The van der Waals surface area contributed by atoms with E-state index in [4.69, 9.17) is 5.73 Å². The van der Waals surface area contributed by atoms with Gasteiger partial charge in [-0.25, -0.2) is 13.1 Å². The van der Waals surface area contributed by atoms with Crippen LogP contribution < -0.4 is 10.5 Å². The second-order valence-electron chi connectivity index (χ2n) is 4.18. The van der Waals surface area contributed by atoms with Crippen molar-refractivity contribution < 1.29 is 8.42 Å². The topological polar surface area (TPSA) is 72.2 Å². The molecule has 0 aliphatic heterocycles. The zero-order valence-electron chi connectivity index (χ0n) is 10.1. The van der Waals surface area contributed by atoms with Crippen LogP contribution in [0.25, 0.3) is 0 Å². The van der Waals surface area contributed by atoms with Crippen LogP contribution in [0.3, 0.4) is 0 Å². The second kappa shape index (κ2) is 5.48. The van der Waals surface area contributed by atoms with Crippen LogP contribution in [0.5, 0.6) is 0 Å². The number of nitrogens with one attached hydrogen (secondary N) is 1. The summed E-state index contributed by atoms with van der Waals surface area (Å²) < 4.78 is 27.5. The quantitative estimate of drug-likeness (QED) is 0.890. The molecular formula is C11H17BrN2O2S. The number of nitrogens with two attached hydrogens (primary N) is 1. The van der Waals surface area contributed by atoms with Gasteiger partial charge in [0.1, 0.15) is 0 Å². The predicted molar refractivity (Wildman–Crippen MR) is 72.2 cm³/mol. The molecule has 1 aromatic carbocycles. The molecule has 0 atom stereocenters. The molecule has 0 bridgehead atoms. The summed E-state index contributed by atoms with van der Waals surface area (Å²) in [7, 11) is -3.48. The van der Waals surface area contributed by atoms with Gasteiger partial charge in [-0.15, -0.1) is 0 Å². The molecule has 0 aromatic heterocycles. The largest absolute Gasteiger partial charge is 0.326 e. The Morgan fingerprint density at radius 1 is 1.41 bits per heavy atom. The van der Waals surface area contributed by atoms with Gasteiger partial charge in [0.25, 0.3) is 0 Å². The zero-order valence-corrected chi connectivity index (χ0v) is 12.5. The highest BCUT2D eigenvalue weighted by molar-refractivity contribution is 9.10. The van der Waals surface area contributed by atoms with Crippen molar-refractivity contribution in [2.24, 2.45) is 5.73 Å². The van der Waals surface area contributed by atoms with Crippen molar-refractivity contribution in [3.63, 3.8) is 0 Å². The van der Waals surface area contributed by atoms with E-state index in [1.54, 1.807) is 26.8 Å². The minimum absolute atomic E-state index is 0.139. The Bertz CT molecular complexity index is 512. The van der Waals surface area contributed by atoms with Gasteiger partial charge in [-0.05, 0) is 44.0 Å². The van der Waals surface area contributed by atoms with E-state index in [1.807, 2.05) is 6.07 Å². The third kappa shape index (κ3) is 3.51. The summed E-state index contributed by atoms with van der Waals surface area (Å²) in [4.78, 5) is 0.279. The van der Waals surface area contributed by atoms with Crippen LogP contribution in [0.4, 0.5) is 0 Å². The number of benzene rings is 1. The molecule has 0 saturated heterocycles. The van der Waals surface area contributed by atoms with Gasteiger partial charge >= 0.3 is 0 Å². The van der Waals surface area contributed by atoms with E-state index in [2.05, 4.69) is 20.7 Å². The van der Waals surface area contributed by atoms with Gasteiger partial charge in [-0.1, -0.05) is 15.9 Å². The Balaban J connectivity index is 3.35. The standard InChI is InChI=1S/C11H17BrN2O2S/c1-7(2)14-17(15,16)11-5-9(6-13)4-10(12)8(11)3/h4-5,7,14H,6,13H2,1-3H3. The monoisotopic (exact) mass is 320 g/mol. The fraction of sp³-hybridized carbons (Fsp3) is 0.455. The zero-order chi connectivity index (χ0) is 13.2. The van der Waals surface area contributed by atoms with Crippen LogP contribution in [-0.2, 0) is 16.6 Å². The Morgan fingerprint density at radius 2 is 2.00 bits per heavy atom. The van der Waals surface area contributed by atoms with Crippen molar-refractivity contribution >= 4 is 26.0 Å². The molecule has 1 aromatic rings. The fourth-order valence-electron chi connectivity index (χ4n) is 1.48. The number of sulfonamides is 1. The molecule has 0 spiro atoms. The number of hydrogen-bond donors (Lipinski definition) is 2. The van der Waals surface area contributed by atoms with E-state index in [0.717, 1.165) is 10.0 Å². The van der Waals surface area contributed by atoms with Crippen molar-refractivity contribution in [1.82, 2.24) is 4.72 Å². The van der Waals surface area contributed by atoms with Gasteiger partial charge in [0.05, 0.1) is 4.90 Å². The average molecular weight is 321 g/mol. The summed E-state index contributed by atoms with van der Waals surface area (Å²) in [5.74, 6) is 0. The normalized spacial score (nSPS) is 12.1. The number of rotatable bonds is 4. The lowest BCUT2D eigenvalue weighted by Crippen LogP contribution is -2.31. The Kier molecular flexibility index (Phi) is 4.71. The highest BCUT2D eigenvalue weighted by Gasteiger charge is 2.19. The van der Waals surface area contributed by atoms with Crippen LogP contribution in [0.15, 0.2) is 21.5 Å². The van der Waals surface area contributed by atoms with Crippen LogP contribution in [0.1, 0.15) is 25.0 Å². The first-order chi connectivity index (χ1) is 7.77. The van der Waals surface area contributed by atoms with Crippen LogP contribution in [0.2, 0.25) is 0 Å². The fourth-order valence-corrected chi connectivity index (χ4v) is 3.68. The SMILES string of the molecule is Cc1c(Br)cc(CN)cc1S(=O)(=O)NC(C)C. The van der Waals surface area contributed by atoms with Crippen molar-refractivity contribution in [2.45, 2.75) is 38.3 Å². The van der Waals surface area contributed by atoms with Gasteiger partial charge in [0.15, 0.2) is 0 Å². The summed E-state index contributed by atoms with van der Waals surface area (Å²) in [5, 5.41) is 0. The van der Waals surface area contributed by atoms with E-state index < -0.39 is 10.0 Å². The summed E-state index contributed by atoms with van der Waals surface area (Å²) in [6, 6.07) is 3.31. The molecule has 3 N–H and O–H groups in total. The lowest BCUT2D eigenvalue weighted by Gasteiger charge is -2.14. The summed E-state index contributed by atoms with van der Waals surface area (Å²) >= 11 is 3.35. The smallest absolute Gasteiger partial charge is 0.241 e. The van der Waals surface area contributed by atoms with Crippen molar-refractivity contribution in [2.75, 3.05) is 0 Å². The molecule has 0 unspecified atom stereocenters. The molecule has 0 aliphatic carbocycles. The van der Waals surface area contributed by atoms with E-state index >= 15 is 0 Å². The second-order valence-corrected chi connectivity index (χ2v) is 6.72. The molecule has 0 heterocycles. The number of halogens is 1. The first kappa shape index (κ1) is 14.6. The molecule has 0 radical (unpaired) electrons.